The van der Waals surface area contributed by atoms with Crippen LogP contribution in [0.2, 0.25) is 5.02 Å². The molecule has 1 aromatic heterocycles. The predicted molar refractivity (Wildman–Crippen MR) is 74.3 cm³/mol. The largest absolute Gasteiger partial charge is 0.326 e. The van der Waals surface area contributed by atoms with Gasteiger partial charge in [-0.2, -0.15) is 0 Å². The molecule has 106 valence electrons. The van der Waals surface area contributed by atoms with Crippen LogP contribution in [0.15, 0.2) is 41.6 Å². The molecule has 0 unspecified atom stereocenters. The van der Waals surface area contributed by atoms with Crippen molar-refractivity contribution >= 4 is 27.3 Å². The molecule has 2 aromatic rings. The van der Waals surface area contributed by atoms with Gasteiger partial charge in [0.05, 0.1) is 21.8 Å². The van der Waals surface area contributed by atoms with Crippen molar-refractivity contribution in [3.63, 3.8) is 0 Å². The van der Waals surface area contributed by atoms with Crippen LogP contribution >= 0.6 is 11.6 Å². The molecule has 0 aliphatic rings. The Balaban J connectivity index is 2.42. The zero-order valence-corrected chi connectivity index (χ0v) is 11.7. The average molecular weight is 316 g/mol. The summed E-state index contributed by atoms with van der Waals surface area (Å²) in [6, 6.07) is 5.19. The van der Waals surface area contributed by atoms with E-state index < -0.39 is 15.8 Å². The minimum absolute atomic E-state index is 0.0635. The highest BCUT2D eigenvalue weighted by Gasteiger charge is 2.18. The number of sulfonamides is 1. The molecule has 20 heavy (non-hydrogen) atoms. The first-order valence-corrected chi connectivity index (χ1v) is 7.41. The van der Waals surface area contributed by atoms with E-state index in [1.165, 1.54) is 24.5 Å². The van der Waals surface area contributed by atoms with Crippen LogP contribution in [0, 0.1) is 5.82 Å². The van der Waals surface area contributed by atoms with E-state index in [9.17, 15) is 12.8 Å². The Morgan fingerprint density at radius 1 is 1.40 bits per heavy atom. The van der Waals surface area contributed by atoms with Crippen LogP contribution in [0.3, 0.4) is 0 Å². The van der Waals surface area contributed by atoms with Gasteiger partial charge in [-0.3, -0.25) is 9.71 Å². The summed E-state index contributed by atoms with van der Waals surface area (Å²) in [7, 11) is -3.93. The molecule has 0 fully saturated rings. The SMILES string of the molecule is NCc1cc(S(=O)(=O)Nc2cccnc2)cc(F)c1Cl. The number of pyridine rings is 1. The number of aromatic nitrogens is 1. The molecule has 8 heteroatoms. The maximum Gasteiger partial charge on any atom is 0.262 e. The molecular weight excluding hydrogens is 305 g/mol. The van der Waals surface area contributed by atoms with Crippen molar-refractivity contribution in [2.75, 3.05) is 4.72 Å². The Morgan fingerprint density at radius 3 is 2.75 bits per heavy atom. The molecule has 0 saturated carbocycles. The van der Waals surface area contributed by atoms with Crippen LogP contribution in [-0.4, -0.2) is 13.4 Å². The molecule has 0 radical (unpaired) electrons. The van der Waals surface area contributed by atoms with Crippen LogP contribution < -0.4 is 10.5 Å². The van der Waals surface area contributed by atoms with Crippen LogP contribution in [0.1, 0.15) is 5.56 Å². The van der Waals surface area contributed by atoms with Crippen molar-refractivity contribution in [2.45, 2.75) is 11.4 Å². The van der Waals surface area contributed by atoms with E-state index in [0.29, 0.717) is 0 Å². The Bertz CT molecular complexity index is 723. The van der Waals surface area contributed by atoms with Crippen molar-refractivity contribution in [3.8, 4) is 0 Å². The number of nitrogens with one attached hydrogen (secondary N) is 1. The van der Waals surface area contributed by atoms with Crippen molar-refractivity contribution < 1.29 is 12.8 Å². The van der Waals surface area contributed by atoms with Gasteiger partial charge in [0.25, 0.3) is 10.0 Å². The van der Waals surface area contributed by atoms with Gasteiger partial charge in [-0.05, 0) is 29.8 Å². The van der Waals surface area contributed by atoms with Gasteiger partial charge < -0.3 is 5.73 Å². The van der Waals surface area contributed by atoms with Crippen LogP contribution in [0.5, 0.6) is 0 Å². The van der Waals surface area contributed by atoms with Gasteiger partial charge in [0.2, 0.25) is 0 Å². The molecule has 1 aromatic carbocycles. The van der Waals surface area contributed by atoms with Crippen LogP contribution in [0.25, 0.3) is 0 Å². The molecule has 3 N–H and O–H groups in total. The summed E-state index contributed by atoms with van der Waals surface area (Å²) < 4.78 is 40.2. The normalized spacial score (nSPS) is 11.3. The third kappa shape index (κ3) is 3.06. The van der Waals surface area contributed by atoms with Gasteiger partial charge in [0, 0.05) is 12.7 Å². The van der Waals surface area contributed by atoms with E-state index in [-0.39, 0.29) is 27.7 Å². The van der Waals surface area contributed by atoms with Crippen molar-refractivity contribution in [3.05, 3.63) is 53.1 Å². The van der Waals surface area contributed by atoms with Crippen molar-refractivity contribution in [1.82, 2.24) is 4.98 Å². The molecule has 0 bridgehead atoms. The second kappa shape index (κ2) is 5.74. The minimum atomic E-state index is -3.93. The van der Waals surface area contributed by atoms with Crippen LogP contribution in [0.4, 0.5) is 10.1 Å². The highest BCUT2D eigenvalue weighted by atomic mass is 35.5. The molecular formula is C12H11ClFN3O2S. The topological polar surface area (TPSA) is 85.1 Å². The lowest BCUT2D eigenvalue weighted by Gasteiger charge is -2.10. The molecule has 0 saturated heterocycles. The summed E-state index contributed by atoms with van der Waals surface area (Å²) in [5, 5.41) is -0.173. The molecule has 1 heterocycles. The maximum absolute atomic E-state index is 13.6. The third-order valence-electron chi connectivity index (χ3n) is 2.52. The third-order valence-corrected chi connectivity index (χ3v) is 4.31. The summed E-state index contributed by atoms with van der Waals surface area (Å²) in [6.07, 6.45) is 2.85. The number of benzene rings is 1. The maximum atomic E-state index is 13.6. The standard InChI is InChI=1S/C12H11ClFN3O2S/c13-12-8(6-15)4-10(5-11(12)14)20(18,19)17-9-2-1-3-16-7-9/h1-5,7,17H,6,15H2. The van der Waals surface area contributed by atoms with Gasteiger partial charge in [0.15, 0.2) is 0 Å². The van der Waals surface area contributed by atoms with Gasteiger partial charge in [-0.25, -0.2) is 12.8 Å². The number of hydrogen-bond acceptors (Lipinski definition) is 4. The molecule has 0 aliphatic carbocycles. The Hall–Kier alpha value is -1.70. The van der Waals surface area contributed by atoms with Gasteiger partial charge in [0.1, 0.15) is 5.82 Å². The molecule has 0 amide bonds. The van der Waals surface area contributed by atoms with E-state index in [0.717, 1.165) is 6.07 Å². The average Bonchev–Trinajstić information content (AvgIpc) is 2.42. The summed E-state index contributed by atoms with van der Waals surface area (Å²) in [5.41, 5.74) is 5.90. The van der Waals surface area contributed by atoms with Crippen molar-refractivity contribution in [1.29, 1.82) is 0 Å². The van der Waals surface area contributed by atoms with Crippen molar-refractivity contribution in [2.24, 2.45) is 5.73 Å². The van der Waals surface area contributed by atoms with E-state index in [2.05, 4.69) is 9.71 Å². The zero-order chi connectivity index (χ0) is 14.8. The molecule has 0 aliphatic heterocycles. The fraction of sp³-hybridized carbons (Fsp3) is 0.0833. The summed E-state index contributed by atoms with van der Waals surface area (Å²) >= 11 is 5.70. The monoisotopic (exact) mass is 315 g/mol. The minimum Gasteiger partial charge on any atom is -0.326 e. The van der Waals surface area contributed by atoms with E-state index in [1.54, 1.807) is 6.07 Å². The lowest BCUT2D eigenvalue weighted by Crippen LogP contribution is -2.14. The van der Waals surface area contributed by atoms with Gasteiger partial charge in [-0.1, -0.05) is 11.6 Å². The van der Waals surface area contributed by atoms with E-state index >= 15 is 0 Å². The summed E-state index contributed by atoms with van der Waals surface area (Å²) in [4.78, 5) is 3.54. The number of halogens is 2. The number of nitrogens with two attached hydrogens (primary N) is 1. The first-order valence-electron chi connectivity index (χ1n) is 5.55. The first kappa shape index (κ1) is 14.7. The summed E-state index contributed by atoms with van der Waals surface area (Å²) in [6.45, 7) is -0.0635. The van der Waals surface area contributed by atoms with E-state index in [4.69, 9.17) is 17.3 Å². The first-order chi connectivity index (χ1) is 9.44. The molecule has 5 nitrogen and oxygen atoms in total. The highest BCUT2D eigenvalue weighted by Crippen LogP contribution is 2.25. The lowest BCUT2D eigenvalue weighted by molar-refractivity contribution is 0.594. The number of hydrogen-bond donors (Lipinski definition) is 2. The lowest BCUT2D eigenvalue weighted by atomic mass is 10.2. The second-order valence-electron chi connectivity index (χ2n) is 3.93. The van der Waals surface area contributed by atoms with Gasteiger partial charge in [-0.15, -0.1) is 0 Å². The second-order valence-corrected chi connectivity index (χ2v) is 5.99. The Kier molecular flexibility index (Phi) is 4.22. The molecule has 2 rings (SSSR count). The quantitative estimate of drug-likeness (QED) is 0.905. The number of rotatable bonds is 4. The predicted octanol–water partition coefficient (Wildman–Crippen LogP) is 2.13. The smallest absolute Gasteiger partial charge is 0.262 e. The fourth-order valence-electron chi connectivity index (χ4n) is 1.56. The van der Waals surface area contributed by atoms with Gasteiger partial charge >= 0.3 is 0 Å². The zero-order valence-electron chi connectivity index (χ0n) is 10.2. The molecule has 0 spiro atoms. The number of nitrogens with zero attached hydrogens (tertiary/aromatic N) is 1. The highest BCUT2D eigenvalue weighted by molar-refractivity contribution is 7.92. The number of anilines is 1. The van der Waals surface area contributed by atoms with E-state index in [1.807, 2.05) is 0 Å². The molecule has 0 atom stereocenters. The van der Waals surface area contributed by atoms with Crippen LogP contribution in [-0.2, 0) is 16.6 Å². The summed E-state index contributed by atoms with van der Waals surface area (Å²) in [5.74, 6) is -0.832. The fourth-order valence-corrected chi connectivity index (χ4v) is 2.85. The Morgan fingerprint density at radius 2 is 2.15 bits per heavy atom. The Labute approximate surface area is 120 Å².